The number of hydrogen-bond acceptors (Lipinski definition) is 2. The molecule has 0 aliphatic heterocycles. The summed E-state index contributed by atoms with van der Waals surface area (Å²) in [6, 6.07) is 8.56. The number of hydrogen-bond donors (Lipinski definition) is 1. The number of carbonyl (C=O) groups is 1. The Bertz CT molecular complexity index is 535. The third-order valence-corrected chi connectivity index (χ3v) is 4.79. The molecule has 0 atom stereocenters. The summed E-state index contributed by atoms with van der Waals surface area (Å²) < 4.78 is 0. The highest BCUT2D eigenvalue weighted by Crippen LogP contribution is 2.29. The van der Waals surface area contributed by atoms with Gasteiger partial charge in [-0.1, -0.05) is 49.1 Å². The molecular formula is C19H25NO. The Hall–Kier alpha value is -1.57. The molecule has 2 aliphatic carbocycles. The highest BCUT2D eigenvalue weighted by Gasteiger charge is 2.24. The van der Waals surface area contributed by atoms with Crippen LogP contribution in [0, 0.1) is 6.92 Å². The van der Waals surface area contributed by atoms with Crippen LogP contribution in [0.25, 0.3) is 0 Å². The van der Waals surface area contributed by atoms with Crippen molar-refractivity contribution < 1.29 is 4.79 Å². The fourth-order valence-electron chi connectivity index (χ4n) is 3.53. The number of benzene rings is 1. The zero-order valence-electron chi connectivity index (χ0n) is 13.0. The SMILES string of the molecule is Cc1ccc(C(=O)C2=C(NC3CCCCC3)CCC2)cc1. The van der Waals surface area contributed by atoms with Crippen LogP contribution >= 0.6 is 0 Å². The lowest BCUT2D eigenvalue weighted by molar-refractivity contribution is 0.103. The van der Waals surface area contributed by atoms with Crippen LogP contribution in [-0.2, 0) is 0 Å². The van der Waals surface area contributed by atoms with Crippen LogP contribution in [0.4, 0.5) is 0 Å². The van der Waals surface area contributed by atoms with E-state index in [0.29, 0.717) is 6.04 Å². The van der Waals surface area contributed by atoms with Gasteiger partial charge in [-0.05, 0) is 39.0 Å². The van der Waals surface area contributed by atoms with Gasteiger partial charge in [-0.3, -0.25) is 4.79 Å². The summed E-state index contributed by atoms with van der Waals surface area (Å²) >= 11 is 0. The van der Waals surface area contributed by atoms with Crippen molar-refractivity contribution in [2.75, 3.05) is 0 Å². The molecule has 0 aromatic heterocycles. The van der Waals surface area contributed by atoms with Crippen LogP contribution < -0.4 is 5.32 Å². The molecule has 1 fully saturated rings. The van der Waals surface area contributed by atoms with Gasteiger partial charge in [0.15, 0.2) is 5.78 Å². The minimum absolute atomic E-state index is 0.228. The first-order chi connectivity index (χ1) is 10.2. The van der Waals surface area contributed by atoms with Crippen LogP contribution in [0.2, 0.25) is 0 Å². The summed E-state index contributed by atoms with van der Waals surface area (Å²) in [6.45, 7) is 2.05. The van der Waals surface area contributed by atoms with Gasteiger partial charge >= 0.3 is 0 Å². The standard InChI is InChI=1S/C19H25NO/c1-14-10-12-15(13-11-14)19(21)17-8-5-9-18(17)20-16-6-3-2-4-7-16/h10-13,16,20H,2-9H2,1H3. The number of allylic oxidation sites excluding steroid dienone is 2. The molecule has 1 aromatic rings. The zero-order valence-corrected chi connectivity index (χ0v) is 13.0. The zero-order chi connectivity index (χ0) is 14.7. The van der Waals surface area contributed by atoms with Gasteiger partial charge in [0, 0.05) is 22.9 Å². The summed E-state index contributed by atoms with van der Waals surface area (Å²) in [4.78, 5) is 12.7. The van der Waals surface area contributed by atoms with E-state index >= 15 is 0 Å². The Balaban J connectivity index is 1.75. The number of ketones is 1. The van der Waals surface area contributed by atoms with Crippen molar-refractivity contribution in [3.8, 4) is 0 Å². The summed E-state index contributed by atoms with van der Waals surface area (Å²) in [5.74, 6) is 0.228. The second kappa shape index (κ2) is 6.46. The molecular weight excluding hydrogens is 258 g/mol. The molecule has 0 bridgehead atoms. The second-order valence-electron chi connectivity index (χ2n) is 6.49. The van der Waals surface area contributed by atoms with Gasteiger partial charge in [-0.25, -0.2) is 0 Å². The van der Waals surface area contributed by atoms with Gasteiger partial charge in [0.2, 0.25) is 0 Å². The molecule has 0 heterocycles. The third kappa shape index (κ3) is 3.37. The lowest BCUT2D eigenvalue weighted by Gasteiger charge is -2.25. The number of Topliss-reactive ketones (excluding diaryl/α,β-unsaturated/α-hetero) is 1. The lowest BCUT2D eigenvalue weighted by atomic mass is 9.94. The van der Waals surface area contributed by atoms with Crippen molar-refractivity contribution in [2.45, 2.75) is 64.3 Å². The summed E-state index contributed by atoms with van der Waals surface area (Å²) in [7, 11) is 0. The number of nitrogens with one attached hydrogen (secondary N) is 1. The third-order valence-electron chi connectivity index (χ3n) is 4.79. The Kier molecular flexibility index (Phi) is 4.42. The van der Waals surface area contributed by atoms with Crippen molar-refractivity contribution in [2.24, 2.45) is 0 Å². The smallest absolute Gasteiger partial charge is 0.190 e. The Morgan fingerprint density at radius 1 is 1.00 bits per heavy atom. The quantitative estimate of drug-likeness (QED) is 0.822. The molecule has 2 aliphatic rings. The molecule has 1 N–H and O–H groups in total. The first-order valence-corrected chi connectivity index (χ1v) is 8.34. The minimum atomic E-state index is 0.228. The Morgan fingerprint density at radius 2 is 1.71 bits per heavy atom. The number of carbonyl (C=O) groups excluding carboxylic acids is 1. The molecule has 0 radical (unpaired) electrons. The molecule has 21 heavy (non-hydrogen) atoms. The monoisotopic (exact) mass is 283 g/mol. The summed E-state index contributed by atoms with van der Waals surface area (Å²) in [5, 5.41) is 3.69. The summed E-state index contributed by atoms with van der Waals surface area (Å²) in [5.41, 5.74) is 4.30. The average molecular weight is 283 g/mol. The van der Waals surface area contributed by atoms with E-state index in [2.05, 4.69) is 12.2 Å². The van der Waals surface area contributed by atoms with Crippen molar-refractivity contribution in [3.63, 3.8) is 0 Å². The van der Waals surface area contributed by atoms with E-state index in [1.807, 2.05) is 24.3 Å². The van der Waals surface area contributed by atoms with E-state index in [1.54, 1.807) is 0 Å². The highest BCUT2D eigenvalue weighted by molar-refractivity contribution is 6.09. The van der Waals surface area contributed by atoms with Crippen molar-refractivity contribution in [1.82, 2.24) is 5.32 Å². The predicted molar refractivity (Wildman–Crippen MR) is 86.4 cm³/mol. The predicted octanol–water partition coefficient (Wildman–Crippen LogP) is 4.54. The first-order valence-electron chi connectivity index (χ1n) is 8.34. The Labute approximate surface area is 127 Å². The highest BCUT2D eigenvalue weighted by atomic mass is 16.1. The van der Waals surface area contributed by atoms with E-state index in [0.717, 1.165) is 30.4 Å². The van der Waals surface area contributed by atoms with Crippen molar-refractivity contribution in [3.05, 3.63) is 46.7 Å². The van der Waals surface area contributed by atoms with Crippen LogP contribution in [0.15, 0.2) is 35.5 Å². The van der Waals surface area contributed by atoms with Gasteiger partial charge in [0.1, 0.15) is 0 Å². The number of aryl methyl sites for hydroxylation is 1. The van der Waals surface area contributed by atoms with E-state index in [9.17, 15) is 4.79 Å². The molecule has 0 unspecified atom stereocenters. The van der Waals surface area contributed by atoms with Crippen LogP contribution in [-0.4, -0.2) is 11.8 Å². The summed E-state index contributed by atoms with van der Waals surface area (Å²) in [6.07, 6.45) is 9.63. The topological polar surface area (TPSA) is 29.1 Å². The molecule has 2 nitrogen and oxygen atoms in total. The fourth-order valence-corrected chi connectivity index (χ4v) is 3.53. The minimum Gasteiger partial charge on any atom is -0.385 e. The average Bonchev–Trinajstić information content (AvgIpc) is 2.96. The molecule has 3 rings (SSSR count). The van der Waals surface area contributed by atoms with E-state index in [4.69, 9.17) is 0 Å². The van der Waals surface area contributed by atoms with E-state index in [1.165, 1.54) is 43.4 Å². The van der Waals surface area contributed by atoms with Crippen molar-refractivity contribution >= 4 is 5.78 Å². The fraction of sp³-hybridized carbons (Fsp3) is 0.526. The molecule has 1 aromatic carbocycles. The van der Waals surface area contributed by atoms with E-state index < -0.39 is 0 Å². The maximum atomic E-state index is 12.7. The lowest BCUT2D eigenvalue weighted by Crippen LogP contribution is -2.31. The maximum absolute atomic E-state index is 12.7. The molecule has 1 saturated carbocycles. The Morgan fingerprint density at radius 3 is 2.43 bits per heavy atom. The number of rotatable bonds is 4. The van der Waals surface area contributed by atoms with Crippen LogP contribution in [0.1, 0.15) is 67.3 Å². The molecule has 0 amide bonds. The van der Waals surface area contributed by atoms with E-state index in [-0.39, 0.29) is 5.78 Å². The normalized spacial score (nSPS) is 19.9. The first kappa shape index (κ1) is 14.4. The van der Waals surface area contributed by atoms with Gasteiger partial charge in [0.05, 0.1) is 0 Å². The van der Waals surface area contributed by atoms with Crippen LogP contribution in [0.3, 0.4) is 0 Å². The molecule has 0 saturated heterocycles. The van der Waals surface area contributed by atoms with Gasteiger partial charge in [0.25, 0.3) is 0 Å². The van der Waals surface area contributed by atoms with Gasteiger partial charge < -0.3 is 5.32 Å². The van der Waals surface area contributed by atoms with Crippen LogP contribution in [0.5, 0.6) is 0 Å². The molecule has 0 spiro atoms. The van der Waals surface area contributed by atoms with Gasteiger partial charge in [-0.2, -0.15) is 0 Å². The maximum Gasteiger partial charge on any atom is 0.190 e. The van der Waals surface area contributed by atoms with Crippen molar-refractivity contribution in [1.29, 1.82) is 0 Å². The molecule has 2 heteroatoms. The second-order valence-corrected chi connectivity index (χ2v) is 6.49. The largest absolute Gasteiger partial charge is 0.385 e. The van der Waals surface area contributed by atoms with Gasteiger partial charge in [-0.15, -0.1) is 0 Å². The molecule has 112 valence electrons.